The normalized spacial score (nSPS) is 18.0. The molecule has 1 aromatic rings. The average molecular weight is 346 g/mol. The van der Waals surface area contributed by atoms with E-state index in [1.54, 1.807) is 18.2 Å². The molecule has 1 saturated carbocycles. The van der Waals surface area contributed by atoms with Crippen LogP contribution in [0.2, 0.25) is 0 Å². The van der Waals surface area contributed by atoms with Crippen molar-refractivity contribution in [3.8, 4) is 11.5 Å². The highest BCUT2D eigenvalue weighted by Crippen LogP contribution is 2.32. The molecule has 0 radical (unpaired) electrons. The van der Waals surface area contributed by atoms with Gasteiger partial charge in [-0.1, -0.05) is 6.07 Å². The third-order valence-electron chi connectivity index (χ3n) is 4.89. The van der Waals surface area contributed by atoms with E-state index in [4.69, 9.17) is 4.74 Å². The molecule has 0 aromatic heterocycles. The quantitative estimate of drug-likeness (QED) is 0.826. The number of benzene rings is 1. The molecule has 1 aliphatic carbocycles. The van der Waals surface area contributed by atoms with Gasteiger partial charge in [-0.25, -0.2) is 0 Å². The van der Waals surface area contributed by atoms with E-state index in [0.29, 0.717) is 32.0 Å². The average Bonchev–Trinajstić information content (AvgIpc) is 3.47. The topological polar surface area (TPSA) is 78.9 Å². The largest absolute Gasteiger partial charge is 0.504 e. The Morgan fingerprint density at radius 2 is 1.92 bits per heavy atom. The Morgan fingerprint density at radius 1 is 1.20 bits per heavy atom. The summed E-state index contributed by atoms with van der Waals surface area (Å²) in [6.45, 7) is 4.10. The zero-order valence-corrected chi connectivity index (χ0v) is 14.7. The molecule has 1 aromatic carbocycles. The van der Waals surface area contributed by atoms with E-state index in [9.17, 15) is 14.7 Å². The van der Waals surface area contributed by atoms with Gasteiger partial charge in [0.2, 0.25) is 11.8 Å². The number of nitrogens with one attached hydrogen (secondary N) is 1. The number of phenols is 1. The minimum atomic E-state index is -0.0354. The molecule has 0 unspecified atom stereocenters. The lowest BCUT2D eigenvalue weighted by Gasteiger charge is -2.31. The van der Waals surface area contributed by atoms with Gasteiger partial charge in [-0.3, -0.25) is 9.59 Å². The molecule has 25 heavy (non-hydrogen) atoms. The third kappa shape index (κ3) is 4.44. The Bertz CT molecular complexity index is 634. The molecule has 2 N–H and O–H groups in total. The molecule has 1 heterocycles. The number of nitrogens with zero attached hydrogens (tertiary/aromatic N) is 1. The SMILES string of the molecule is CCOc1cc(CNC(=O)C2CCN(C(=O)C3CC3)CC2)ccc1O. The number of phenolic OH excluding ortho intramolecular Hbond substituents is 1. The van der Waals surface area contributed by atoms with Gasteiger partial charge in [0.15, 0.2) is 11.5 Å². The van der Waals surface area contributed by atoms with Crippen LogP contribution in [0.5, 0.6) is 11.5 Å². The van der Waals surface area contributed by atoms with Crippen molar-refractivity contribution in [2.24, 2.45) is 11.8 Å². The van der Waals surface area contributed by atoms with Crippen molar-refractivity contribution in [3.05, 3.63) is 23.8 Å². The number of ether oxygens (including phenoxy) is 1. The molecule has 6 nitrogen and oxygen atoms in total. The van der Waals surface area contributed by atoms with Gasteiger partial charge in [-0.05, 0) is 50.3 Å². The smallest absolute Gasteiger partial charge is 0.225 e. The Balaban J connectivity index is 1.46. The summed E-state index contributed by atoms with van der Waals surface area (Å²) in [7, 11) is 0. The number of amides is 2. The van der Waals surface area contributed by atoms with Crippen LogP contribution in [0.4, 0.5) is 0 Å². The highest BCUT2D eigenvalue weighted by molar-refractivity contribution is 5.82. The number of hydrogen-bond donors (Lipinski definition) is 2. The number of carbonyl (C=O) groups is 2. The lowest BCUT2D eigenvalue weighted by atomic mass is 9.95. The van der Waals surface area contributed by atoms with E-state index in [0.717, 1.165) is 31.2 Å². The molecule has 3 rings (SSSR count). The van der Waals surface area contributed by atoms with Crippen LogP contribution in [0.1, 0.15) is 38.2 Å². The number of piperidine rings is 1. The minimum absolute atomic E-state index is 0.0320. The molecule has 2 amide bonds. The predicted molar refractivity (Wildman–Crippen MR) is 93.2 cm³/mol. The van der Waals surface area contributed by atoms with Crippen LogP contribution < -0.4 is 10.1 Å². The summed E-state index contributed by atoms with van der Waals surface area (Å²) >= 11 is 0. The van der Waals surface area contributed by atoms with Crippen LogP contribution in [0, 0.1) is 11.8 Å². The second-order valence-corrected chi connectivity index (χ2v) is 6.83. The first-order valence-corrected chi connectivity index (χ1v) is 9.09. The molecule has 1 saturated heterocycles. The summed E-state index contributed by atoms with van der Waals surface area (Å²) in [4.78, 5) is 26.3. The summed E-state index contributed by atoms with van der Waals surface area (Å²) in [5, 5.41) is 12.7. The second-order valence-electron chi connectivity index (χ2n) is 6.83. The van der Waals surface area contributed by atoms with Crippen LogP contribution in [-0.2, 0) is 16.1 Å². The van der Waals surface area contributed by atoms with Crippen LogP contribution >= 0.6 is 0 Å². The van der Waals surface area contributed by atoms with Crippen molar-refractivity contribution in [2.45, 2.75) is 39.2 Å². The summed E-state index contributed by atoms with van der Waals surface area (Å²) in [6.07, 6.45) is 3.50. The molecular formula is C19H26N2O4. The Labute approximate surface area is 148 Å². The summed E-state index contributed by atoms with van der Waals surface area (Å²) in [5.41, 5.74) is 0.885. The summed E-state index contributed by atoms with van der Waals surface area (Å²) < 4.78 is 5.36. The summed E-state index contributed by atoms with van der Waals surface area (Å²) in [6, 6.07) is 5.10. The lowest BCUT2D eigenvalue weighted by molar-refractivity contribution is -0.136. The fourth-order valence-corrected chi connectivity index (χ4v) is 3.22. The second kappa shape index (κ2) is 7.76. The number of likely N-dealkylation sites (tertiary alicyclic amines) is 1. The molecule has 0 spiro atoms. The minimum Gasteiger partial charge on any atom is -0.504 e. The zero-order chi connectivity index (χ0) is 17.8. The third-order valence-corrected chi connectivity index (χ3v) is 4.89. The summed E-state index contributed by atoms with van der Waals surface area (Å²) in [5.74, 6) is 1.05. The Morgan fingerprint density at radius 3 is 2.56 bits per heavy atom. The molecule has 2 fully saturated rings. The van der Waals surface area contributed by atoms with Crippen LogP contribution in [0.15, 0.2) is 18.2 Å². The fraction of sp³-hybridized carbons (Fsp3) is 0.579. The highest BCUT2D eigenvalue weighted by atomic mass is 16.5. The standard InChI is InChI=1S/C19H26N2O4/c1-2-25-17-11-13(3-6-16(17)22)12-20-18(23)14-7-9-21(10-8-14)19(24)15-4-5-15/h3,6,11,14-15,22H,2,4-5,7-10,12H2,1H3,(H,20,23). The molecule has 136 valence electrons. The van der Waals surface area contributed by atoms with E-state index in [-0.39, 0.29) is 29.4 Å². The van der Waals surface area contributed by atoms with Gasteiger partial charge in [-0.15, -0.1) is 0 Å². The number of aromatic hydroxyl groups is 1. The number of hydrogen-bond acceptors (Lipinski definition) is 4. The van der Waals surface area contributed by atoms with Gasteiger partial charge in [0.1, 0.15) is 0 Å². The van der Waals surface area contributed by atoms with Gasteiger partial charge in [0.05, 0.1) is 6.61 Å². The van der Waals surface area contributed by atoms with Crippen molar-refractivity contribution in [2.75, 3.05) is 19.7 Å². The van der Waals surface area contributed by atoms with Crippen molar-refractivity contribution >= 4 is 11.8 Å². The Kier molecular flexibility index (Phi) is 5.46. The molecule has 1 aliphatic heterocycles. The fourth-order valence-electron chi connectivity index (χ4n) is 3.22. The maximum Gasteiger partial charge on any atom is 0.225 e. The maximum atomic E-state index is 12.4. The zero-order valence-electron chi connectivity index (χ0n) is 14.7. The van der Waals surface area contributed by atoms with Gasteiger partial charge >= 0.3 is 0 Å². The first-order valence-electron chi connectivity index (χ1n) is 9.09. The molecule has 0 atom stereocenters. The predicted octanol–water partition coefficient (Wildman–Crippen LogP) is 2.06. The van der Waals surface area contributed by atoms with Gasteiger partial charge in [0.25, 0.3) is 0 Å². The van der Waals surface area contributed by atoms with Gasteiger partial charge < -0.3 is 20.1 Å². The van der Waals surface area contributed by atoms with E-state index in [2.05, 4.69) is 5.32 Å². The first kappa shape index (κ1) is 17.6. The van der Waals surface area contributed by atoms with E-state index in [1.807, 2.05) is 11.8 Å². The van der Waals surface area contributed by atoms with Gasteiger partial charge in [-0.2, -0.15) is 0 Å². The molecule has 2 aliphatic rings. The van der Waals surface area contributed by atoms with Gasteiger partial charge in [0, 0.05) is 31.5 Å². The van der Waals surface area contributed by atoms with E-state index in [1.165, 1.54) is 0 Å². The number of carbonyl (C=O) groups excluding carboxylic acids is 2. The van der Waals surface area contributed by atoms with E-state index < -0.39 is 0 Å². The molecule has 0 bridgehead atoms. The van der Waals surface area contributed by atoms with Crippen LogP contribution in [-0.4, -0.2) is 41.5 Å². The Hall–Kier alpha value is -2.24. The molecular weight excluding hydrogens is 320 g/mol. The van der Waals surface area contributed by atoms with Crippen LogP contribution in [0.3, 0.4) is 0 Å². The van der Waals surface area contributed by atoms with E-state index >= 15 is 0 Å². The number of rotatable bonds is 6. The maximum absolute atomic E-state index is 12.4. The van der Waals surface area contributed by atoms with Crippen molar-refractivity contribution < 1.29 is 19.4 Å². The first-order chi connectivity index (χ1) is 12.1. The van der Waals surface area contributed by atoms with Crippen molar-refractivity contribution in [1.82, 2.24) is 10.2 Å². The molecule has 6 heteroatoms. The van der Waals surface area contributed by atoms with Crippen molar-refractivity contribution in [1.29, 1.82) is 0 Å². The van der Waals surface area contributed by atoms with Crippen LogP contribution in [0.25, 0.3) is 0 Å². The monoisotopic (exact) mass is 346 g/mol. The highest BCUT2D eigenvalue weighted by Gasteiger charge is 2.35. The lowest BCUT2D eigenvalue weighted by Crippen LogP contribution is -2.43. The van der Waals surface area contributed by atoms with Crippen molar-refractivity contribution in [3.63, 3.8) is 0 Å².